The SMILES string of the molecule is CC(C)(C)CC(C)(C)n1ccnc1. The molecule has 0 aliphatic heterocycles. The maximum atomic E-state index is 4.08. The second-order valence-corrected chi connectivity index (χ2v) is 5.52. The van der Waals surface area contributed by atoms with Crippen LogP contribution in [0, 0.1) is 5.41 Å². The molecule has 0 saturated carbocycles. The lowest BCUT2D eigenvalue weighted by Crippen LogP contribution is -2.30. The van der Waals surface area contributed by atoms with Crippen LogP contribution in [0.1, 0.15) is 41.0 Å². The molecule has 0 bridgehead atoms. The van der Waals surface area contributed by atoms with Gasteiger partial charge in [0.25, 0.3) is 0 Å². The molecule has 1 aromatic heterocycles. The Hall–Kier alpha value is -0.790. The van der Waals surface area contributed by atoms with E-state index in [0.29, 0.717) is 5.41 Å². The first-order valence-electron chi connectivity index (χ1n) is 4.80. The summed E-state index contributed by atoms with van der Waals surface area (Å²) in [7, 11) is 0. The number of rotatable bonds is 2. The minimum absolute atomic E-state index is 0.161. The van der Waals surface area contributed by atoms with Crippen molar-refractivity contribution in [1.29, 1.82) is 0 Å². The molecule has 1 aromatic rings. The van der Waals surface area contributed by atoms with Crippen LogP contribution in [0.4, 0.5) is 0 Å². The van der Waals surface area contributed by atoms with E-state index in [4.69, 9.17) is 0 Å². The molecule has 2 nitrogen and oxygen atoms in total. The maximum Gasteiger partial charge on any atom is 0.0950 e. The van der Waals surface area contributed by atoms with Crippen LogP contribution in [0.25, 0.3) is 0 Å². The molecule has 0 atom stereocenters. The quantitative estimate of drug-likeness (QED) is 0.684. The van der Waals surface area contributed by atoms with Gasteiger partial charge in [-0.2, -0.15) is 0 Å². The van der Waals surface area contributed by atoms with Crippen molar-refractivity contribution in [3.63, 3.8) is 0 Å². The molecular formula is C11H20N2. The normalized spacial score (nSPS) is 13.3. The highest BCUT2D eigenvalue weighted by Crippen LogP contribution is 2.31. The maximum absolute atomic E-state index is 4.08. The standard InChI is InChI=1S/C11H20N2/c1-10(2,3)8-11(4,5)13-7-6-12-9-13/h6-7,9H,8H2,1-5H3. The van der Waals surface area contributed by atoms with Gasteiger partial charge in [-0.3, -0.25) is 0 Å². The van der Waals surface area contributed by atoms with Gasteiger partial charge in [-0.05, 0) is 25.7 Å². The molecule has 0 fully saturated rings. The van der Waals surface area contributed by atoms with E-state index >= 15 is 0 Å². The van der Waals surface area contributed by atoms with Gasteiger partial charge in [-0.1, -0.05) is 20.8 Å². The molecule has 13 heavy (non-hydrogen) atoms. The van der Waals surface area contributed by atoms with Crippen molar-refractivity contribution in [1.82, 2.24) is 9.55 Å². The van der Waals surface area contributed by atoms with Crippen LogP contribution in [0.2, 0.25) is 0 Å². The van der Waals surface area contributed by atoms with E-state index in [9.17, 15) is 0 Å². The molecular weight excluding hydrogens is 160 g/mol. The lowest BCUT2D eigenvalue weighted by atomic mass is 9.82. The predicted molar refractivity (Wildman–Crippen MR) is 55.6 cm³/mol. The zero-order valence-corrected chi connectivity index (χ0v) is 9.33. The molecule has 1 heterocycles. The zero-order chi connectivity index (χ0) is 10.1. The molecule has 0 N–H and O–H groups in total. The van der Waals surface area contributed by atoms with Gasteiger partial charge >= 0.3 is 0 Å². The van der Waals surface area contributed by atoms with Crippen LogP contribution < -0.4 is 0 Å². The lowest BCUT2D eigenvalue weighted by Gasteiger charge is -2.33. The van der Waals surface area contributed by atoms with Crippen molar-refractivity contribution in [3.8, 4) is 0 Å². The third-order valence-corrected chi connectivity index (χ3v) is 2.17. The number of hydrogen-bond acceptors (Lipinski definition) is 1. The summed E-state index contributed by atoms with van der Waals surface area (Å²) in [6, 6.07) is 0. The van der Waals surface area contributed by atoms with Crippen molar-refractivity contribution < 1.29 is 0 Å². The smallest absolute Gasteiger partial charge is 0.0950 e. The number of imidazole rings is 1. The van der Waals surface area contributed by atoms with Crippen LogP contribution in [0.5, 0.6) is 0 Å². The van der Waals surface area contributed by atoms with E-state index < -0.39 is 0 Å². The van der Waals surface area contributed by atoms with Crippen molar-refractivity contribution in [2.45, 2.75) is 46.6 Å². The molecule has 74 valence electrons. The van der Waals surface area contributed by atoms with Gasteiger partial charge in [0.2, 0.25) is 0 Å². The number of nitrogens with zero attached hydrogens (tertiary/aromatic N) is 2. The summed E-state index contributed by atoms with van der Waals surface area (Å²) in [4.78, 5) is 4.08. The van der Waals surface area contributed by atoms with Gasteiger partial charge in [0.1, 0.15) is 0 Å². The van der Waals surface area contributed by atoms with E-state index in [1.54, 1.807) is 0 Å². The van der Waals surface area contributed by atoms with Gasteiger partial charge in [-0.25, -0.2) is 4.98 Å². The Morgan fingerprint density at radius 3 is 2.15 bits per heavy atom. The first-order chi connectivity index (χ1) is 5.81. The van der Waals surface area contributed by atoms with Crippen LogP contribution in [0.15, 0.2) is 18.7 Å². The Kier molecular flexibility index (Phi) is 2.51. The first kappa shape index (κ1) is 10.3. The lowest BCUT2D eigenvalue weighted by molar-refractivity contribution is 0.214. The molecule has 0 radical (unpaired) electrons. The van der Waals surface area contributed by atoms with Gasteiger partial charge in [-0.15, -0.1) is 0 Å². The van der Waals surface area contributed by atoms with Gasteiger partial charge in [0.05, 0.1) is 6.33 Å². The third-order valence-electron chi connectivity index (χ3n) is 2.17. The largest absolute Gasteiger partial charge is 0.332 e. The number of aromatic nitrogens is 2. The summed E-state index contributed by atoms with van der Waals surface area (Å²) in [6.45, 7) is 11.3. The van der Waals surface area contributed by atoms with E-state index in [2.05, 4.69) is 44.2 Å². The molecule has 0 aliphatic carbocycles. The monoisotopic (exact) mass is 180 g/mol. The molecule has 0 amide bonds. The molecule has 2 heteroatoms. The molecule has 0 aromatic carbocycles. The van der Waals surface area contributed by atoms with Crippen LogP contribution in [-0.2, 0) is 5.54 Å². The highest BCUT2D eigenvalue weighted by molar-refractivity contribution is 4.88. The minimum atomic E-state index is 0.161. The highest BCUT2D eigenvalue weighted by Gasteiger charge is 2.26. The molecule has 0 unspecified atom stereocenters. The van der Waals surface area contributed by atoms with E-state index in [1.165, 1.54) is 0 Å². The predicted octanol–water partition coefficient (Wildman–Crippen LogP) is 3.05. The average molecular weight is 180 g/mol. The van der Waals surface area contributed by atoms with Crippen LogP contribution in [-0.4, -0.2) is 9.55 Å². The van der Waals surface area contributed by atoms with Crippen molar-refractivity contribution in [2.75, 3.05) is 0 Å². The highest BCUT2D eigenvalue weighted by atomic mass is 15.1. The van der Waals surface area contributed by atoms with Crippen LogP contribution in [0.3, 0.4) is 0 Å². The zero-order valence-electron chi connectivity index (χ0n) is 9.33. The Bertz CT molecular complexity index is 252. The summed E-state index contributed by atoms with van der Waals surface area (Å²) in [6.07, 6.45) is 6.91. The topological polar surface area (TPSA) is 17.8 Å². The van der Waals surface area contributed by atoms with E-state index in [-0.39, 0.29) is 5.54 Å². The Morgan fingerprint density at radius 1 is 1.15 bits per heavy atom. The van der Waals surface area contributed by atoms with E-state index in [1.807, 2.05) is 18.7 Å². The summed E-state index contributed by atoms with van der Waals surface area (Å²) in [5, 5.41) is 0. The summed E-state index contributed by atoms with van der Waals surface area (Å²) >= 11 is 0. The fraction of sp³-hybridized carbons (Fsp3) is 0.727. The molecule has 0 spiro atoms. The van der Waals surface area contributed by atoms with Gasteiger partial charge in [0.15, 0.2) is 0 Å². The Labute approximate surface area is 81.0 Å². The van der Waals surface area contributed by atoms with Gasteiger partial charge in [0, 0.05) is 17.9 Å². The fourth-order valence-corrected chi connectivity index (χ4v) is 2.01. The van der Waals surface area contributed by atoms with Crippen molar-refractivity contribution in [3.05, 3.63) is 18.7 Å². The van der Waals surface area contributed by atoms with Gasteiger partial charge < -0.3 is 4.57 Å². The minimum Gasteiger partial charge on any atom is -0.332 e. The Balaban J connectivity index is 2.78. The molecule has 0 aliphatic rings. The van der Waals surface area contributed by atoms with E-state index in [0.717, 1.165) is 6.42 Å². The Morgan fingerprint density at radius 2 is 1.77 bits per heavy atom. The van der Waals surface area contributed by atoms with Crippen molar-refractivity contribution in [2.24, 2.45) is 5.41 Å². The summed E-state index contributed by atoms with van der Waals surface area (Å²) in [5.74, 6) is 0. The fourth-order valence-electron chi connectivity index (χ4n) is 2.01. The average Bonchev–Trinajstić information content (AvgIpc) is 2.29. The second-order valence-electron chi connectivity index (χ2n) is 5.52. The summed E-state index contributed by atoms with van der Waals surface area (Å²) in [5.41, 5.74) is 0.516. The summed E-state index contributed by atoms with van der Waals surface area (Å²) < 4.78 is 2.18. The van der Waals surface area contributed by atoms with Crippen LogP contribution >= 0.6 is 0 Å². The molecule has 0 saturated heterocycles. The number of hydrogen-bond donors (Lipinski definition) is 0. The second kappa shape index (κ2) is 3.17. The third kappa shape index (κ3) is 2.87. The first-order valence-corrected chi connectivity index (χ1v) is 4.80. The molecule has 1 rings (SSSR count). The van der Waals surface area contributed by atoms with Crippen molar-refractivity contribution >= 4 is 0 Å².